The zero-order valence-electron chi connectivity index (χ0n) is 13.1. The fourth-order valence-corrected chi connectivity index (χ4v) is 2.57. The molecule has 0 fully saturated rings. The number of benzene rings is 2. The van der Waals surface area contributed by atoms with Crippen LogP contribution in [0, 0.1) is 0 Å². The number of hydrogen-bond acceptors (Lipinski definition) is 4. The summed E-state index contributed by atoms with van der Waals surface area (Å²) in [5.41, 5.74) is 3.39. The molecule has 1 amide bonds. The highest BCUT2D eigenvalue weighted by Gasteiger charge is 2.09. The van der Waals surface area contributed by atoms with Crippen molar-refractivity contribution in [2.75, 3.05) is 5.32 Å². The van der Waals surface area contributed by atoms with Crippen LogP contribution < -0.4 is 5.32 Å². The van der Waals surface area contributed by atoms with Crippen molar-refractivity contribution in [1.82, 2.24) is 15.0 Å². The Hall–Kier alpha value is -3.67. The lowest BCUT2D eigenvalue weighted by atomic mass is 10.2. The predicted octanol–water partition coefficient (Wildman–Crippen LogP) is 3.58. The minimum absolute atomic E-state index is 0.140. The lowest BCUT2D eigenvalue weighted by molar-refractivity contribution is 0.102. The number of para-hydroxylation sites is 1. The first-order valence-corrected chi connectivity index (χ1v) is 7.70. The molecule has 0 spiro atoms. The quantitative estimate of drug-likeness (QED) is 0.535. The summed E-state index contributed by atoms with van der Waals surface area (Å²) >= 11 is 0. The molecule has 0 aliphatic rings. The number of carbonyl (C=O) groups excluding carboxylic acids is 1. The number of imidazole rings is 1. The largest absolute Gasteiger partial charge is 0.506 e. The van der Waals surface area contributed by atoms with Gasteiger partial charge in [0, 0.05) is 29.2 Å². The number of hydrogen-bond donors (Lipinski definition) is 3. The molecular weight excluding hydrogens is 316 g/mol. The molecule has 0 unspecified atom stereocenters. The summed E-state index contributed by atoms with van der Waals surface area (Å²) in [5, 5.41) is 12.7. The molecule has 0 saturated carbocycles. The molecule has 0 aliphatic carbocycles. The van der Waals surface area contributed by atoms with Gasteiger partial charge in [-0.25, -0.2) is 4.98 Å². The molecule has 0 aliphatic heterocycles. The average Bonchev–Trinajstić information content (AvgIpc) is 3.09. The van der Waals surface area contributed by atoms with Crippen molar-refractivity contribution in [3.8, 4) is 17.1 Å². The van der Waals surface area contributed by atoms with Crippen LogP contribution >= 0.6 is 0 Å². The number of amides is 1. The maximum atomic E-state index is 12.1. The van der Waals surface area contributed by atoms with Gasteiger partial charge in [-0.2, -0.15) is 0 Å². The molecule has 4 aromatic rings. The first-order chi connectivity index (χ1) is 12.2. The number of aromatic amines is 1. The Balaban J connectivity index is 1.57. The Morgan fingerprint density at radius 3 is 2.48 bits per heavy atom. The SMILES string of the molecule is O=C(Nc1ccc(-c2nc3c(O)cccc3[nH]2)cc1)c1ccncc1. The number of phenols is 1. The van der Waals surface area contributed by atoms with Gasteiger partial charge < -0.3 is 15.4 Å². The molecule has 0 atom stereocenters. The van der Waals surface area contributed by atoms with E-state index >= 15 is 0 Å². The fourth-order valence-electron chi connectivity index (χ4n) is 2.57. The number of anilines is 1. The van der Waals surface area contributed by atoms with Gasteiger partial charge in [0.2, 0.25) is 0 Å². The summed E-state index contributed by atoms with van der Waals surface area (Å²) in [6.45, 7) is 0. The number of carbonyl (C=O) groups is 1. The van der Waals surface area contributed by atoms with E-state index in [0.717, 1.165) is 11.1 Å². The molecule has 25 heavy (non-hydrogen) atoms. The molecule has 0 saturated heterocycles. The number of aromatic nitrogens is 3. The highest BCUT2D eigenvalue weighted by Crippen LogP contribution is 2.26. The topological polar surface area (TPSA) is 90.9 Å². The van der Waals surface area contributed by atoms with Crippen LogP contribution in [0.25, 0.3) is 22.4 Å². The molecular formula is C19H14N4O2. The van der Waals surface area contributed by atoms with Crippen LogP contribution in [0.4, 0.5) is 5.69 Å². The number of nitrogens with zero attached hydrogens (tertiary/aromatic N) is 2. The number of phenolic OH excluding ortho intramolecular Hbond substituents is 1. The van der Waals surface area contributed by atoms with Crippen LogP contribution in [-0.2, 0) is 0 Å². The molecule has 0 radical (unpaired) electrons. The number of fused-ring (bicyclic) bond motifs is 1. The smallest absolute Gasteiger partial charge is 0.255 e. The monoisotopic (exact) mass is 330 g/mol. The van der Waals surface area contributed by atoms with E-state index in [2.05, 4.69) is 20.3 Å². The third-order valence-electron chi connectivity index (χ3n) is 3.85. The summed E-state index contributed by atoms with van der Waals surface area (Å²) in [6, 6.07) is 15.9. The summed E-state index contributed by atoms with van der Waals surface area (Å²) < 4.78 is 0. The standard InChI is InChI=1S/C19H14N4O2/c24-16-3-1-2-15-17(16)23-18(22-15)12-4-6-14(7-5-12)21-19(25)13-8-10-20-11-9-13/h1-11,24H,(H,21,25)(H,22,23). The van der Waals surface area contributed by atoms with Crippen LogP contribution in [0.15, 0.2) is 67.0 Å². The second kappa shape index (κ2) is 6.09. The van der Waals surface area contributed by atoms with Gasteiger partial charge >= 0.3 is 0 Å². The van der Waals surface area contributed by atoms with E-state index in [1.807, 2.05) is 30.3 Å². The molecule has 122 valence electrons. The maximum absolute atomic E-state index is 12.1. The van der Waals surface area contributed by atoms with Crippen molar-refractivity contribution >= 4 is 22.6 Å². The van der Waals surface area contributed by atoms with Crippen LogP contribution in [-0.4, -0.2) is 26.0 Å². The first-order valence-electron chi connectivity index (χ1n) is 7.70. The summed E-state index contributed by atoms with van der Waals surface area (Å²) in [5.74, 6) is 0.605. The highest BCUT2D eigenvalue weighted by molar-refractivity contribution is 6.04. The van der Waals surface area contributed by atoms with E-state index in [4.69, 9.17) is 0 Å². The van der Waals surface area contributed by atoms with Crippen molar-refractivity contribution in [3.63, 3.8) is 0 Å². The first kappa shape index (κ1) is 14.9. The van der Waals surface area contributed by atoms with Crippen LogP contribution in [0.1, 0.15) is 10.4 Å². The van der Waals surface area contributed by atoms with Crippen LogP contribution in [0.3, 0.4) is 0 Å². The van der Waals surface area contributed by atoms with Gasteiger partial charge in [-0.05, 0) is 48.5 Å². The number of pyridine rings is 1. The van der Waals surface area contributed by atoms with Crippen molar-refractivity contribution in [2.24, 2.45) is 0 Å². The lowest BCUT2D eigenvalue weighted by Crippen LogP contribution is -2.11. The Morgan fingerprint density at radius 1 is 1.00 bits per heavy atom. The van der Waals surface area contributed by atoms with Crippen molar-refractivity contribution < 1.29 is 9.90 Å². The second-order valence-corrected chi connectivity index (χ2v) is 5.53. The predicted molar refractivity (Wildman–Crippen MR) is 95.4 cm³/mol. The van der Waals surface area contributed by atoms with E-state index in [1.54, 1.807) is 36.7 Å². The zero-order chi connectivity index (χ0) is 17.2. The van der Waals surface area contributed by atoms with Gasteiger partial charge in [-0.1, -0.05) is 6.07 Å². The van der Waals surface area contributed by atoms with Gasteiger partial charge in [0.25, 0.3) is 5.91 Å². The molecule has 6 heteroatoms. The zero-order valence-corrected chi connectivity index (χ0v) is 13.1. The summed E-state index contributed by atoms with van der Waals surface area (Å²) in [6.07, 6.45) is 3.16. The summed E-state index contributed by atoms with van der Waals surface area (Å²) in [7, 11) is 0. The normalized spacial score (nSPS) is 10.7. The van der Waals surface area contributed by atoms with Crippen molar-refractivity contribution in [3.05, 3.63) is 72.6 Å². The van der Waals surface area contributed by atoms with Crippen molar-refractivity contribution in [1.29, 1.82) is 0 Å². The number of H-pyrrole nitrogens is 1. The van der Waals surface area contributed by atoms with E-state index in [-0.39, 0.29) is 11.7 Å². The van der Waals surface area contributed by atoms with E-state index < -0.39 is 0 Å². The Morgan fingerprint density at radius 2 is 1.76 bits per heavy atom. The molecule has 2 aromatic heterocycles. The molecule has 2 aromatic carbocycles. The minimum Gasteiger partial charge on any atom is -0.506 e. The highest BCUT2D eigenvalue weighted by atomic mass is 16.3. The van der Waals surface area contributed by atoms with E-state index in [0.29, 0.717) is 22.6 Å². The lowest BCUT2D eigenvalue weighted by Gasteiger charge is -2.05. The van der Waals surface area contributed by atoms with Gasteiger partial charge in [-0.3, -0.25) is 9.78 Å². The third kappa shape index (κ3) is 2.92. The van der Waals surface area contributed by atoms with Crippen LogP contribution in [0.5, 0.6) is 5.75 Å². The molecule has 2 heterocycles. The van der Waals surface area contributed by atoms with Gasteiger partial charge in [0.1, 0.15) is 17.1 Å². The fraction of sp³-hybridized carbons (Fsp3) is 0. The Bertz CT molecular complexity index is 1040. The average molecular weight is 330 g/mol. The summed E-state index contributed by atoms with van der Waals surface area (Å²) in [4.78, 5) is 23.6. The van der Waals surface area contributed by atoms with Gasteiger partial charge in [-0.15, -0.1) is 0 Å². The molecule has 3 N–H and O–H groups in total. The van der Waals surface area contributed by atoms with E-state index in [1.165, 1.54) is 0 Å². The molecule has 4 rings (SSSR count). The van der Waals surface area contributed by atoms with Crippen molar-refractivity contribution in [2.45, 2.75) is 0 Å². The maximum Gasteiger partial charge on any atom is 0.255 e. The Kier molecular flexibility index (Phi) is 3.63. The third-order valence-corrected chi connectivity index (χ3v) is 3.85. The molecule has 0 bridgehead atoms. The Labute approximate surface area is 143 Å². The number of rotatable bonds is 3. The minimum atomic E-state index is -0.191. The van der Waals surface area contributed by atoms with Gasteiger partial charge in [0.15, 0.2) is 0 Å². The van der Waals surface area contributed by atoms with Gasteiger partial charge in [0.05, 0.1) is 5.52 Å². The number of aromatic hydroxyl groups is 1. The molecule has 6 nitrogen and oxygen atoms in total. The second-order valence-electron chi connectivity index (χ2n) is 5.53. The van der Waals surface area contributed by atoms with Crippen LogP contribution in [0.2, 0.25) is 0 Å². The van der Waals surface area contributed by atoms with E-state index in [9.17, 15) is 9.90 Å². The number of nitrogens with one attached hydrogen (secondary N) is 2.